The molecular weight excluding hydrogens is 313 g/mol. The first kappa shape index (κ1) is 16.7. The van der Waals surface area contributed by atoms with Crippen molar-refractivity contribution in [2.75, 3.05) is 26.8 Å². The van der Waals surface area contributed by atoms with Gasteiger partial charge in [-0.2, -0.15) is 0 Å². The van der Waals surface area contributed by atoms with Crippen LogP contribution in [-0.4, -0.2) is 52.5 Å². The van der Waals surface area contributed by atoms with Gasteiger partial charge >= 0.3 is 6.09 Å². The van der Waals surface area contributed by atoms with Gasteiger partial charge in [0.05, 0.1) is 11.0 Å². The van der Waals surface area contributed by atoms with Crippen molar-refractivity contribution in [2.24, 2.45) is 0 Å². The summed E-state index contributed by atoms with van der Waals surface area (Å²) in [4.78, 5) is 17.4. The summed E-state index contributed by atoms with van der Waals surface area (Å²) in [5.41, 5.74) is 1.50. The van der Waals surface area contributed by atoms with Crippen molar-refractivity contribution in [2.45, 2.75) is 31.7 Å². The zero-order valence-electron chi connectivity index (χ0n) is 13.7. The Balaban J connectivity index is 1.96. The number of carbonyl (C=O) groups is 1. The Hall–Kier alpha value is -2.15. The SMILES string of the molecule is COCCCn1c(C2CCCN(C(=O)O)C2)nc2ccc(F)cc21. The van der Waals surface area contributed by atoms with Crippen LogP contribution in [0.15, 0.2) is 18.2 Å². The van der Waals surface area contributed by atoms with E-state index in [4.69, 9.17) is 4.74 Å². The summed E-state index contributed by atoms with van der Waals surface area (Å²) in [6, 6.07) is 4.58. The minimum atomic E-state index is -0.896. The van der Waals surface area contributed by atoms with Crippen molar-refractivity contribution < 1.29 is 19.0 Å². The number of rotatable bonds is 5. The monoisotopic (exact) mass is 335 g/mol. The average Bonchev–Trinajstić information content (AvgIpc) is 2.93. The molecule has 0 radical (unpaired) electrons. The maximum absolute atomic E-state index is 13.7. The van der Waals surface area contributed by atoms with Gasteiger partial charge < -0.3 is 19.3 Å². The summed E-state index contributed by atoms with van der Waals surface area (Å²) >= 11 is 0. The third kappa shape index (κ3) is 3.36. The first-order valence-corrected chi connectivity index (χ1v) is 8.22. The Morgan fingerprint density at radius 1 is 1.50 bits per heavy atom. The lowest BCUT2D eigenvalue weighted by molar-refractivity contribution is 0.129. The maximum Gasteiger partial charge on any atom is 0.407 e. The first-order chi connectivity index (χ1) is 11.6. The fourth-order valence-electron chi connectivity index (χ4n) is 3.39. The van der Waals surface area contributed by atoms with Crippen LogP contribution in [0.2, 0.25) is 0 Å². The number of aryl methyl sites for hydroxylation is 1. The van der Waals surface area contributed by atoms with Gasteiger partial charge in [0.15, 0.2) is 0 Å². The van der Waals surface area contributed by atoms with Crippen LogP contribution < -0.4 is 0 Å². The number of amides is 1. The minimum Gasteiger partial charge on any atom is -0.465 e. The van der Waals surface area contributed by atoms with Crippen molar-refractivity contribution in [3.63, 3.8) is 0 Å². The molecule has 0 bridgehead atoms. The average molecular weight is 335 g/mol. The van der Waals surface area contributed by atoms with E-state index in [1.54, 1.807) is 13.2 Å². The van der Waals surface area contributed by atoms with Crippen LogP contribution >= 0.6 is 0 Å². The Kier molecular flexibility index (Phi) is 4.99. The Morgan fingerprint density at radius 2 is 2.33 bits per heavy atom. The molecule has 1 unspecified atom stereocenters. The Bertz CT molecular complexity index is 731. The van der Waals surface area contributed by atoms with Gasteiger partial charge in [0.1, 0.15) is 11.6 Å². The van der Waals surface area contributed by atoms with E-state index >= 15 is 0 Å². The lowest BCUT2D eigenvalue weighted by atomic mass is 9.97. The van der Waals surface area contributed by atoms with Crippen LogP contribution in [0.5, 0.6) is 0 Å². The van der Waals surface area contributed by atoms with E-state index in [1.807, 2.05) is 4.57 Å². The first-order valence-electron chi connectivity index (χ1n) is 8.22. The van der Waals surface area contributed by atoms with Crippen molar-refractivity contribution in [1.29, 1.82) is 0 Å². The number of ether oxygens (including phenoxy) is 1. The number of hydrogen-bond donors (Lipinski definition) is 1. The predicted octanol–water partition coefficient (Wildman–Crippen LogP) is 3.07. The minimum absolute atomic E-state index is 0.0351. The van der Waals surface area contributed by atoms with Crippen molar-refractivity contribution in [3.8, 4) is 0 Å². The molecule has 3 rings (SSSR count). The molecule has 1 aromatic heterocycles. The zero-order valence-corrected chi connectivity index (χ0v) is 13.7. The molecule has 24 heavy (non-hydrogen) atoms. The topological polar surface area (TPSA) is 67.6 Å². The van der Waals surface area contributed by atoms with Crippen LogP contribution in [-0.2, 0) is 11.3 Å². The second kappa shape index (κ2) is 7.17. The standard InChI is InChI=1S/C17H22FN3O3/c1-24-9-3-8-21-15-10-13(18)5-6-14(15)19-16(21)12-4-2-7-20(11-12)17(22)23/h5-6,10,12H,2-4,7-9,11H2,1H3,(H,22,23). The fraction of sp³-hybridized carbons (Fsp3) is 0.529. The molecule has 1 saturated heterocycles. The summed E-state index contributed by atoms with van der Waals surface area (Å²) in [6.45, 7) is 2.28. The molecule has 1 amide bonds. The second-order valence-corrected chi connectivity index (χ2v) is 6.17. The lowest BCUT2D eigenvalue weighted by Crippen LogP contribution is -2.38. The smallest absolute Gasteiger partial charge is 0.407 e. The summed E-state index contributed by atoms with van der Waals surface area (Å²) < 4.78 is 20.8. The van der Waals surface area contributed by atoms with Gasteiger partial charge in [-0.15, -0.1) is 0 Å². The van der Waals surface area contributed by atoms with Gasteiger partial charge in [-0.25, -0.2) is 14.2 Å². The molecule has 0 spiro atoms. The Labute approximate surface area is 139 Å². The number of likely N-dealkylation sites (tertiary alicyclic amines) is 1. The van der Waals surface area contributed by atoms with Crippen LogP contribution in [0, 0.1) is 5.82 Å². The fourth-order valence-corrected chi connectivity index (χ4v) is 3.39. The quantitative estimate of drug-likeness (QED) is 0.853. The Morgan fingerprint density at radius 3 is 3.08 bits per heavy atom. The van der Waals surface area contributed by atoms with E-state index in [2.05, 4.69) is 4.98 Å². The van der Waals surface area contributed by atoms with E-state index in [1.165, 1.54) is 17.0 Å². The van der Waals surface area contributed by atoms with Crippen molar-refractivity contribution in [3.05, 3.63) is 29.8 Å². The highest BCUT2D eigenvalue weighted by molar-refractivity contribution is 5.76. The van der Waals surface area contributed by atoms with Gasteiger partial charge in [0, 0.05) is 39.3 Å². The number of nitrogens with zero attached hydrogens (tertiary/aromatic N) is 3. The van der Waals surface area contributed by atoms with E-state index in [0.717, 1.165) is 36.1 Å². The molecular formula is C17H22FN3O3. The van der Waals surface area contributed by atoms with Crippen LogP contribution in [0.25, 0.3) is 11.0 Å². The number of halogens is 1. The van der Waals surface area contributed by atoms with E-state index in [9.17, 15) is 14.3 Å². The number of fused-ring (bicyclic) bond motifs is 1. The summed E-state index contributed by atoms with van der Waals surface area (Å²) in [7, 11) is 1.65. The van der Waals surface area contributed by atoms with Crippen LogP contribution in [0.4, 0.5) is 9.18 Å². The molecule has 6 nitrogen and oxygen atoms in total. The van der Waals surface area contributed by atoms with E-state index in [-0.39, 0.29) is 11.7 Å². The molecule has 1 fully saturated rings. The molecule has 1 aromatic carbocycles. The second-order valence-electron chi connectivity index (χ2n) is 6.17. The van der Waals surface area contributed by atoms with Crippen LogP contribution in [0.3, 0.4) is 0 Å². The highest BCUT2D eigenvalue weighted by Crippen LogP contribution is 2.30. The molecule has 2 heterocycles. The predicted molar refractivity (Wildman–Crippen MR) is 87.8 cm³/mol. The van der Waals surface area contributed by atoms with Crippen LogP contribution in [0.1, 0.15) is 31.0 Å². The number of methoxy groups -OCH3 is 1. The molecule has 7 heteroatoms. The number of carboxylic acid groups (broad SMARTS) is 1. The zero-order chi connectivity index (χ0) is 17.1. The third-order valence-electron chi connectivity index (χ3n) is 4.53. The van der Waals surface area contributed by atoms with Crippen molar-refractivity contribution in [1.82, 2.24) is 14.5 Å². The van der Waals surface area contributed by atoms with Gasteiger partial charge in [-0.1, -0.05) is 0 Å². The highest BCUT2D eigenvalue weighted by atomic mass is 19.1. The molecule has 1 N–H and O–H groups in total. The van der Waals surface area contributed by atoms with Gasteiger partial charge in [0.25, 0.3) is 0 Å². The molecule has 1 atom stereocenters. The largest absolute Gasteiger partial charge is 0.465 e. The molecule has 0 aliphatic carbocycles. The van der Waals surface area contributed by atoms with Gasteiger partial charge in [0.2, 0.25) is 0 Å². The number of aromatic nitrogens is 2. The summed E-state index contributed by atoms with van der Waals surface area (Å²) in [5.74, 6) is 0.586. The molecule has 1 aliphatic rings. The maximum atomic E-state index is 13.7. The lowest BCUT2D eigenvalue weighted by Gasteiger charge is -2.30. The molecule has 1 aliphatic heterocycles. The molecule has 130 valence electrons. The third-order valence-corrected chi connectivity index (χ3v) is 4.53. The van der Waals surface area contributed by atoms with Gasteiger partial charge in [-0.3, -0.25) is 0 Å². The van der Waals surface area contributed by atoms with E-state index in [0.29, 0.717) is 26.2 Å². The van der Waals surface area contributed by atoms with Crippen molar-refractivity contribution >= 4 is 17.1 Å². The molecule has 2 aromatic rings. The normalized spacial score (nSPS) is 18.2. The number of imidazole rings is 1. The number of piperidine rings is 1. The number of benzene rings is 1. The highest BCUT2D eigenvalue weighted by Gasteiger charge is 2.28. The van der Waals surface area contributed by atoms with E-state index < -0.39 is 6.09 Å². The summed E-state index contributed by atoms with van der Waals surface area (Å²) in [6.07, 6.45) is 1.60. The summed E-state index contributed by atoms with van der Waals surface area (Å²) in [5, 5.41) is 9.25. The van der Waals surface area contributed by atoms with Gasteiger partial charge in [-0.05, 0) is 37.5 Å². The molecule has 0 saturated carbocycles. The number of hydrogen-bond acceptors (Lipinski definition) is 3.